The molecule has 0 aliphatic rings. The van der Waals surface area contributed by atoms with E-state index in [0.717, 1.165) is 0 Å². The summed E-state index contributed by atoms with van der Waals surface area (Å²) in [5.74, 6) is -1.15. The van der Waals surface area contributed by atoms with Crippen LogP contribution in [0.1, 0.15) is 0 Å². The minimum absolute atomic E-state index is 0.103. The molecule has 2 unspecified atom stereocenters. The fourth-order valence-corrected chi connectivity index (χ4v) is 2.61. The van der Waals surface area contributed by atoms with E-state index in [-0.39, 0.29) is 6.61 Å². The van der Waals surface area contributed by atoms with Crippen LogP contribution in [0, 0.1) is 0 Å². The minimum atomic E-state index is -1.67. The van der Waals surface area contributed by atoms with Crippen molar-refractivity contribution in [1.29, 1.82) is 0 Å². The van der Waals surface area contributed by atoms with E-state index in [0.29, 0.717) is 9.92 Å². The van der Waals surface area contributed by atoms with Crippen LogP contribution in [0.25, 0.3) is 0 Å². The number of hydrogen-bond acceptors (Lipinski definition) is 3. The molecule has 0 saturated heterocycles. The Morgan fingerprint density at radius 1 is 1.62 bits per heavy atom. The molecule has 1 N–H and O–H groups in total. The molecular weight excluding hydrogens is 252 g/mol. The van der Waals surface area contributed by atoms with E-state index in [9.17, 15) is 9.00 Å². The lowest BCUT2D eigenvalue weighted by Crippen LogP contribution is -2.30. The van der Waals surface area contributed by atoms with Crippen molar-refractivity contribution in [3.05, 3.63) is 29.3 Å². The van der Waals surface area contributed by atoms with Crippen molar-refractivity contribution in [1.82, 2.24) is 0 Å². The van der Waals surface area contributed by atoms with Gasteiger partial charge in [-0.1, -0.05) is 17.7 Å². The third-order valence-corrected chi connectivity index (χ3v) is 3.69. The van der Waals surface area contributed by atoms with Crippen LogP contribution in [-0.4, -0.2) is 34.3 Å². The van der Waals surface area contributed by atoms with E-state index in [1.807, 2.05) is 0 Å². The normalized spacial score (nSPS) is 14.4. The number of methoxy groups -OCH3 is 1. The molecule has 16 heavy (non-hydrogen) atoms. The van der Waals surface area contributed by atoms with Crippen molar-refractivity contribution in [2.75, 3.05) is 13.7 Å². The van der Waals surface area contributed by atoms with E-state index in [1.165, 1.54) is 13.2 Å². The van der Waals surface area contributed by atoms with Crippen LogP contribution in [0.5, 0.6) is 0 Å². The molecule has 0 heterocycles. The standard InChI is InChI=1S/C10H11ClO4S/c1-15-6-9(10(12)13)16(14)8-4-2-3-7(11)5-8/h2-5,9H,6H2,1H3,(H,12,13). The van der Waals surface area contributed by atoms with Crippen molar-refractivity contribution in [2.45, 2.75) is 10.1 Å². The molecule has 0 aliphatic heterocycles. The highest BCUT2D eigenvalue weighted by molar-refractivity contribution is 7.86. The van der Waals surface area contributed by atoms with Crippen LogP contribution in [0.15, 0.2) is 29.2 Å². The second kappa shape index (κ2) is 5.98. The van der Waals surface area contributed by atoms with Crippen LogP contribution < -0.4 is 0 Å². The third-order valence-electron chi connectivity index (χ3n) is 1.88. The SMILES string of the molecule is COCC(C(=O)O)S(=O)c1cccc(Cl)c1. The van der Waals surface area contributed by atoms with Crippen molar-refractivity contribution in [2.24, 2.45) is 0 Å². The van der Waals surface area contributed by atoms with Gasteiger partial charge in [-0.3, -0.25) is 9.00 Å². The first-order valence-electron chi connectivity index (χ1n) is 4.44. The number of carboxylic acids is 1. The van der Waals surface area contributed by atoms with Crippen molar-refractivity contribution >= 4 is 28.4 Å². The zero-order valence-electron chi connectivity index (χ0n) is 8.55. The lowest BCUT2D eigenvalue weighted by Gasteiger charge is -2.11. The van der Waals surface area contributed by atoms with Crippen LogP contribution in [-0.2, 0) is 20.3 Å². The van der Waals surface area contributed by atoms with Crippen LogP contribution in [0.2, 0.25) is 5.02 Å². The van der Waals surface area contributed by atoms with Crippen LogP contribution in [0.4, 0.5) is 0 Å². The quantitative estimate of drug-likeness (QED) is 0.874. The Labute approximate surface area is 101 Å². The summed E-state index contributed by atoms with van der Waals surface area (Å²) in [4.78, 5) is 11.3. The van der Waals surface area contributed by atoms with Gasteiger partial charge in [0.05, 0.1) is 17.4 Å². The predicted octanol–water partition coefficient (Wildman–Crippen LogP) is 1.55. The molecule has 1 aromatic carbocycles. The maximum atomic E-state index is 11.9. The zero-order valence-corrected chi connectivity index (χ0v) is 10.1. The second-order valence-electron chi connectivity index (χ2n) is 3.04. The summed E-state index contributed by atoms with van der Waals surface area (Å²) >= 11 is 5.74. The molecule has 0 spiro atoms. The summed E-state index contributed by atoms with van der Waals surface area (Å²) in [5.41, 5.74) is 0. The van der Waals surface area contributed by atoms with Gasteiger partial charge in [0.15, 0.2) is 5.25 Å². The first-order chi connectivity index (χ1) is 7.56. The maximum absolute atomic E-state index is 11.9. The zero-order chi connectivity index (χ0) is 12.1. The molecular formula is C10H11ClO4S. The van der Waals surface area contributed by atoms with Crippen molar-refractivity contribution in [3.63, 3.8) is 0 Å². The Morgan fingerprint density at radius 3 is 2.81 bits per heavy atom. The van der Waals surface area contributed by atoms with E-state index >= 15 is 0 Å². The third kappa shape index (κ3) is 3.30. The van der Waals surface area contributed by atoms with Gasteiger partial charge in [-0.05, 0) is 18.2 Å². The van der Waals surface area contributed by atoms with Gasteiger partial charge >= 0.3 is 5.97 Å². The van der Waals surface area contributed by atoms with Gasteiger partial charge in [-0.2, -0.15) is 0 Å². The first kappa shape index (κ1) is 13.2. The van der Waals surface area contributed by atoms with Gasteiger partial charge in [0.25, 0.3) is 0 Å². The number of benzene rings is 1. The first-order valence-corrected chi connectivity index (χ1v) is 6.03. The Bertz CT molecular complexity index is 408. The van der Waals surface area contributed by atoms with Gasteiger partial charge in [0.1, 0.15) is 0 Å². The summed E-state index contributed by atoms with van der Waals surface area (Å²) < 4.78 is 16.7. The highest BCUT2D eigenvalue weighted by atomic mass is 35.5. The molecule has 0 aromatic heterocycles. The molecule has 0 saturated carbocycles. The fourth-order valence-electron chi connectivity index (χ4n) is 1.13. The molecule has 0 bridgehead atoms. The van der Waals surface area contributed by atoms with E-state index in [4.69, 9.17) is 21.4 Å². The number of carboxylic acid groups (broad SMARTS) is 1. The average Bonchev–Trinajstić information content (AvgIpc) is 2.24. The molecule has 2 atom stereocenters. The monoisotopic (exact) mass is 262 g/mol. The lowest BCUT2D eigenvalue weighted by molar-refractivity contribution is -0.137. The number of rotatable bonds is 5. The Balaban J connectivity index is 2.94. The average molecular weight is 263 g/mol. The lowest BCUT2D eigenvalue weighted by atomic mass is 10.4. The highest BCUT2D eigenvalue weighted by Gasteiger charge is 2.25. The Morgan fingerprint density at radius 2 is 2.31 bits per heavy atom. The molecule has 1 rings (SSSR count). The topological polar surface area (TPSA) is 63.6 Å². The number of halogens is 1. The summed E-state index contributed by atoms with van der Waals surface area (Å²) in [6, 6.07) is 6.33. The largest absolute Gasteiger partial charge is 0.480 e. The van der Waals surface area contributed by atoms with E-state index in [1.54, 1.807) is 18.2 Å². The number of aliphatic carboxylic acids is 1. The van der Waals surface area contributed by atoms with Crippen molar-refractivity contribution in [3.8, 4) is 0 Å². The smallest absolute Gasteiger partial charge is 0.322 e. The summed E-state index contributed by atoms with van der Waals surface area (Å²) in [7, 11) is -0.304. The van der Waals surface area contributed by atoms with Gasteiger partial charge in [0, 0.05) is 17.0 Å². The molecule has 0 amide bonds. The molecule has 1 aromatic rings. The van der Waals surface area contributed by atoms with Gasteiger partial charge in [-0.25, -0.2) is 0 Å². The maximum Gasteiger partial charge on any atom is 0.322 e. The molecule has 0 fully saturated rings. The molecule has 0 radical (unpaired) electrons. The highest BCUT2D eigenvalue weighted by Crippen LogP contribution is 2.17. The van der Waals surface area contributed by atoms with Gasteiger partial charge in [0.2, 0.25) is 0 Å². The van der Waals surface area contributed by atoms with E-state index in [2.05, 4.69) is 0 Å². The summed E-state index contributed by atoms with van der Waals surface area (Å²) in [5, 5.41) is 8.24. The van der Waals surface area contributed by atoms with Crippen molar-refractivity contribution < 1.29 is 18.8 Å². The Hall–Kier alpha value is -0.910. The number of ether oxygens (including phenoxy) is 1. The Kier molecular flexibility index (Phi) is 4.92. The molecule has 88 valence electrons. The van der Waals surface area contributed by atoms with Gasteiger partial charge < -0.3 is 9.84 Å². The number of hydrogen-bond donors (Lipinski definition) is 1. The van der Waals surface area contributed by atoms with Crippen LogP contribution in [0.3, 0.4) is 0 Å². The molecule has 0 aliphatic carbocycles. The number of carbonyl (C=O) groups is 1. The second-order valence-corrected chi connectivity index (χ2v) is 5.11. The minimum Gasteiger partial charge on any atom is -0.480 e. The fraction of sp³-hybridized carbons (Fsp3) is 0.300. The molecule has 6 heteroatoms. The van der Waals surface area contributed by atoms with Crippen LogP contribution >= 0.6 is 11.6 Å². The predicted molar refractivity (Wildman–Crippen MR) is 61.2 cm³/mol. The molecule has 4 nitrogen and oxygen atoms in total. The van der Waals surface area contributed by atoms with Gasteiger partial charge in [-0.15, -0.1) is 0 Å². The van der Waals surface area contributed by atoms with E-state index < -0.39 is 22.0 Å². The summed E-state index contributed by atoms with van der Waals surface area (Å²) in [6.45, 7) is -0.103. The summed E-state index contributed by atoms with van der Waals surface area (Å²) in [6.07, 6.45) is 0.